The molecular weight excluding hydrogens is 405 g/mol. The summed E-state index contributed by atoms with van der Waals surface area (Å²) in [5, 5.41) is 3.08. The molecule has 0 radical (unpaired) electrons. The van der Waals surface area contributed by atoms with Crippen LogP contribution in [0.2, 0.25) is 0 Å². The van der Waals surface area contributed by atoms with Gasteiger partial charge in [-0.2, -0.15) is 0 Å². The molecule has 0 aliphatic heterocycles. The van der Waals surface area contributed by atoms with E-state index in [-0.39, 0.29) is 30.3 Å². The molecule has 1 aliphatic carbocycles. The number of nitrogens with zero attached hydrogens (tertiary/aromatic N) is 2. The van der Waals surface area contributed by atoms with Crippen molar-refractivity contribution in [3.63, 3.8) is 0 Å². The maximum absolute atomic E-state index is 13.3. The first-order valence-corrected chi connectivity index (χ1v) is 10.8. The van der Waals surface area contributed by atoms with Gasteiger partial charge in [-0.1, -0.05) is 42.5 Å². The van der Waals surface area contributed by atoms with Crippen LogP contribution < -0.4 is 10.1 Å². The van der Waals surface area contributed by atoms with E-state index in [0.717, 1.165) is 35.2 Å². The smallest absolute Gasteiger partial charge is 0.240 e. The maximum atomic E-state index is 13.3. The molecule has 1 N–H and O–H groups in total. The van der Waals surface area contributed by atoms with Crippen LogP contribution in [-0.4, -0.2) is 22.0 Å². The highest BCUT2D eigenvalue weighted by Crippen LogP contribution is 2.47. The molecule has 1 fully saturated rings. The number of benzene rings is 3. The summed E-state index contributed by atoms with van der Waals surface area (Å²) in [5.74, 6) is 1.13. The minimum Gasteiger partial charge on any atom is -0.486 e. The molecule has 4 aromatic rings. The second-order valence-electron chi connectivity index (χ2n) is 8.27. The highest BCUT2D eigenvalue weighted by Gasteiger charge is 2.44. The van der Waals surface area contributed by atoms with Crippen LogP contribution in [0, 0.1) is 5.82 Å². The van der Waals surface area contributed by atoms with Gasteiger partial charge >= 0.3 is 0 Å². The van der Waals surface area contributed by atoms with Gasteiger partial charge in [0.1, 0.15) is 30.5 Å². The largest absolute Gasteiger partial charge is 0.486 e. The lowest BCUT2D eigenvalue weighted by Crippen LogP contribution is -2.34. The molecule has 0 atom stereocenters. The lowest BCUT2D eigenvalue weighted by molar-refractivity contribution is -0.121. The first-order valence-electron chi connectivity index (χ1n) is 10.8. The zero-order valence-corrected chi connectivity index (χ0v) is 17.6. The molecule has 1 amide bonds. The summed E-state index contributed by atoms with van der Waals surface area (Å²) in [6.45, 7) is 0.971. The van der Waals surface area contributed by atoms with E-state index in [1.54, 1.807) is 0 Å². The fraction of sp³-hybridized carbons (Fsp3) is 0.231. The summed E-state index contributed by atoms with van der Waals surface area (Å²) in [5.41, 5.74) is 2.72. The summed E-state index contributed by atoms with van der Waals surface area (Å²) < 4.78 is 21.1. The van der Waals surface area contributed by atoms with Gasteiger partial charge in [0.15, 0.2) is 0 Å². The Kier molecular flexibility index (Phi) is 5.35. The summed E-state index contributed by atoms with van der Waals surface area (Å²) >= 11 is 0. The second kappa shape index (κ2) is 8.46. The molecule has 32 heavy (non-hydrogen) atoms. The zero-order chi connectivity index (χ0) is 22.0. The molecule has 1 aliphatic rings. The summed E-state index contributed by atoms with van der Waals surface area (Å²) in [6, 6.07) is 23.9. The Labute approximate surface area is 185 Å². The van der Waals surface area contributed by atoms with Gasteiger partial charge in [-0.25, -0.2) is 9.37 Å². The molecule has 0 bridgehead atoms. The quantitative estimate of drug-likeness (QED) is 0.445. The molecule has 0 spiro atoms. The number of para-hydroxylation sites is 3. The number of fused-ring (bicyclic) bond motifs is 1. The van der Waals surface area contributed by atoms with Crippen molar-refractivity contribution in [2.45, 2.75) is 31.4 Å². The third-order valence-corrected chi connectivity index (χ3v) is 6.08. The van der Waals surface area contributed by atoms with Crippen molar-refractivity contribution in [2.75, 3.05) is 6.54 Å². The predicted octanol–water partition coefficient (Wildman–Crippen LogP) is 4.60. The normalized spacial score (nSPS) is 14.3. The summed E-state index contributed by atoms with van der Waals surface area (Å²) in [7, 11) is 0. The van der Waals surface area contributed by atoms with Crippen LogP contribution in [0.4, 0.5) is 4.39 Å². The number of amides is 1. The summed E-state index contributed by atoms with van der Waals surface area (Å²) in [6.07, 6.45) is 1.98. The van der Waals surface area contributed by atoms with Crippen molar-refractivity contribution >= 4 is 16.9 Å². The number of imidazole rings is 1. The molecule has 0 saturated heterocycles. The van der Waals surface area contributed by atoms with E-state index in [0.29, 0.717) is 12.4 Å². The van der Waals surface area contributed by atoms with Gasteiger partial charge in [0.25, 0.3) is 0 Å². The fourth-order valence-electron chi connectivity index (χ4n) is 4.07. The van der Waals surface area contributed by atoms with Crippen molar-refractivity contribution in [1.29, 1.82) is 0 Å². The van der Waals surface area contributed by atoms with Gasteiger partial charge in [-0.3, -0.25) is 4.79 Å². The fourth-order valence-corrected chi connectivity index (χ4v) is 4.07. The predicted molar refractivity (Wildman–Crippen MR) is 121 cm³/mol. The molecule has 3 aromatic carbocycles. The van der Waals surface area contributed by atoms with E-state index >= 15 is 0 Å². The highest BCUT2D eigenvalue weighted by atomic mass is 19.1. The van der Waals surface area contributed by atoms with E-state index in [2.05, 4.69) is 10.3 Å². The molecule has 5 nitrogen and oxygen atoms in total. The number of nitrogens with one attached hydrogen (secondary N) is 1. The Balaban J connectivity index is 1.29. The number of aromatic nitrogens is 2. The lowest BCUT2D eigenvalue weighted by atomic mass is 9.96. The van der Waals surface area contributed by atoms with E-state index in [1.807, 2.05) is 71.3 Å². The average Bonchev–Trinajstić information content (AvgIpc) is 3.54. The standard InChI is InChI=1S/C26H24FN3O2/c27-20-12-10-19(11-13-20)26(14-15-26)18-28-25(31)16-30-23-9-5-4-8-22(23)29-24(30)17-32-21-6-2-1-3-7-21/h1-13H,14-18H2,(H,28,31). The second-order valence-corrected chi connectivity index (χ2v) is 8.27. The van der Waals surface area contributed by atoms with Crippen molar-refractivity contribution < 1.29 is 13.9 Å². The third kappa shape index (κ3) is 4.21. The van der Waals surface area contributed by atoms with Crippen LogP contribution in [-0.2, 0) is 23.4 Å². The Morgan fingerprint density at radius 1 is 1.00 bits per heavy atom. The number of hydrogen-bond donors (Lipinski definition) is 1. The third-order valence-electron chi connectivity index (χ3n) is 6.08. The minimum atomic E-state index is -0.245. The van der Waals surface area contributed by atoms with Crippen LogP contribution in [0.25, 0.3) is 11.0 Å². The summed E-state index contributed by atoms with van der Waals surface area (Å²) in [4.78, 5) is 17.6. The molecule has 1 saturated carbocycles. The number of hydrogen-bond acceptors (Lipinski definition) is 3. The molecule has 162 valence electrons. The molecule has 0 unspecified atom stereocenters. The first kappa shape index (κ1) is 20.2. The number of rotatable bonds is 8. The van der Waals surface area contributed by atoms with Crippen molar-refractivity contribution in [2.24, 2.45) is 0 Å². The van der Waals surface area contributed by atoms with Crippen LogP contribution in [0.5, 0.6) is 5.75 Å². The van der Waals surface area contributed by atoms with Gasteiger partial charge in [0.2, 0.25) is 5.91 Å². The van der Waals surface area contributed by atoms with E-state index in [1.165, 1.54) is 12.1 Å². The maximum Gasteiger partial charge on any atom is 0.240 e. The number of carbonyl (C=O) groups is 1. The Bertz CT molecular complexity index is 1230. The molecule has 6 heteroatoms. The van der Waals surface area contributed by atoms with Gasteiger partial charge in [-0.15, -0.1) is 0 Å². The monoisotopic (exact) mass is 429 g/mol. The first-order chi connectivity index (χ1) is 15.6. The van der Waals surface area contributed by atoms with Crippen molar-refractivity contribution in [3.05, 3.63) is 96.1 Å². The van der Waals surface area contributed by atoms with Gasteiger partial charge in [0.05, 0.1) is 11.0 Å². The van der Waals surface area contributed by atoms with Gasteiger partial charge in [-0.05, 0) is 54.8 Å². The number of halogens is 1. The minimum absolute atomic E-state index is 0.0810. The zero-order valence-electron chi connectivity index (χ0n) is 17.6. The van der Waals surface area contributed by atoms with Gasteiger partial charge < -0.3 is 14.6 Å². The van der Waals surface area contributed by atoms with E-state index < -0.39 is 0 Å². The van der Waals surface area contributed by atoms with Crippen LogP contribution in [0.15, 0.2) is 78.9 Å². The van der Waals surface area contributed by atoms with Crippen LogP contribution in [0.1, 0.15) is 24.2 Å². The van der Waals surface area contributed by atoms with Crippen LogP contribution >= 0.6 is 0 Å². The number of carbonyl (C=O) groups excluding carboxylic acids is 1. The molecular formula is C26H24FN3O2. The average molecular weight is 429 g/mol. The molecule has 5 rings (SSSR count). The number of ether oxygens (including phenoxy) is 1. The van der Waals surface area contributed by atoms with Crippen LogP contribution in [0.3, 0.4) is 0 Å². The molecule has 1 aromatic heterocycles. The Morgan fingerprint density at radius 2 is 1.72 bits per heavy atom. The SMILES string of the molecule is O=C(Cn1c(COc2ccccc2)nc2ccccc21)NCC1(c2ccc(F)cc2)CC1. The highest BCUT2D eigenvalue weighted by molar-refractivity contribution is 5.81. The van der Waals surface area contributed by atoms with Crippen molar-refractivity contribution in [3.8, 4) is 5.75 Å². The Morgan fingerprint density at radius 3 is 2.47 bits per heavy atom. The van der Waals surface area contributed by atoms with E-state index in [4.69, 9.17) is 4.74 Å². The topological polar surface area (TPSA) is 56.2 Å². The van der Waals surface area contributed by atoms with Crippen molar-refractivity contribution in [1.82, 2.24) is 14.9 Å². The van der Waals surface area contributed by atoms with E-state index in [9.17, 15) is 9.18 Å². The lowest BCUT2D eigenvalue weighted by Gasteiger charge is -2.17. The Hall–Kier alpha value is -3.67. The van der Waals surface area contributed by atoms with Gasteiger partial charge in [0, 0.05) is 12.0 Å². The molecule has 1 heterocycles.